The number of ether oxygens (including phenoxy) is 1. The van der Waals surface area contributed by atoms with Crippen LogP contribution in [0.3, 0.4) is 0 Å². The van der Waals surface area contributed by atoms with Gasteiger partial charge in [-0.1, -0.05) is 10.7 Å². The van der Waals surface area contributed by atoms with Crippen LogP contribution < -0.4 is 4.52 Å². The number of esters is 1. The van der Waals surface area contributed by atoms with E-state index >= 15 is 0 Å². The summed E-state index contributed by atoms with van der Waals surface area (Å²) in [6.07, 6.45) is 5.08. The van der Waals surface area contributed by atoms with Crippen LogP contribution in [0.4, 0.5) is 0 Å². The second kappa shape index (κ2) is 3.77. The first kappa shape index (κ1) is 10.9. The van der Waals surface area contributed by atoms with Gasteiger partial charge in [-0.05, 0) is 12.1 Å². The normalized spacial score (nSPS) is 11.4. The van der Waals surface area contributed by atoms with Gasteiger partial charge in [-0.2, -0.15) is 5.10 Å². The number of carbonyl (C=O) groups excluding carboxylic acids is 1. The monoisotopic (exact) mass is 268 g/mol. The fourth-order valence-corrected chi connectivity index (χ4v) is 2.43. The van der Waals surface area contributed by atoms with E-state index in [2.05, 4.69) is 15.1 Å². The lowest BCUT2D eigenvalue weighted by Gasteiger charge is -1.98. The molecule has 0 fully saturated rings. The summed E-state index contributed by atoms with van der Waals surface area (Å²) in [6.45, 7) is 0. The lowest BCUT2D eigenvalue weighted by atomic mass is 10.1. The standard InChI is InChI=1S/C13H9N5O2/c1-20-13(19)8-3-2-4-10-9(8)7-17-16-11-12(18(10)17)15-6-5-14-11/h2-7H,1H3/p+1. The Kier molecular flexibility index (Phi) is 2.06. The van der Waals surface area contributed by atoms with E-state index in [-0.39, 0.29) is 5.97 Å². The third-order valence-corrected chi connectivity index (χ3v) is 3.28. The number of hydrogen-bond donors (Lipinski definition) is 1. The number of aromatic nitrogens is 5. The number of nitrogens with one attached hydrogen (secondary N) is 1. The van der Waals surface area contributed by atoms with Crippen LogP contribution >= 0.6 is 0 Å². The molecule has 0 radical (unpaired) electrons. The summed E-state index contributed by atoms with van der Waals surface area (Å²) < 4.78 is 8.43. The second-order valence-electron chi connectivity index (χ2n) is 4.36. The molecule has 0 unspecified atom stereocenters. The van der Waals surface area contributed by atoms with E-state index < -0.39 is 0 Å². The van der Waals surface area contributed by atoms with Gasteiger partial charge in [0.25, 0.3) is 5.65 Å². The van der Waals surface area contributed by atoms with Crippen molar-refractivity contribution in [3.8, 4) is 0 Å². The molecule has 0 aliphatic heterocycles. The number of rotatable bonds is 1. The molecule has 4 aromatic rings. The Labute approximate surface area is 112 Å². The molecule has 3 heterocycles. The number of nitrogens with zero attached hydrogens (tertiary/aromatic N) is 4. The molecule has 98 valence electrons. The lowest BCUT2D eigenvalue weighted by molar-refractivity contribution is -0.568. The molecular weight excluding hydrogens is 258 g/mol. The SMILES string of the molecule is COC(=O)c1cccc2c1cn1[nH]c3nccnc3[n+]21. The predicted molar refractivity (Wildman–Crippen MR) is 69.3 cm³/mol. The quantitative estimate of drug-likeness (QED) is 0.408. The zero-order valence-corrected chi connectivity index (χ0v) is 10.6. The Hall–Kier alpha value is -2.96. The average Bonchev–Trinajstić information content (AvgIpc) is 3.01. The summed E-state index contributed by atoms with van der Waals surface area (Å²) in [7, 11) is 1.37. The fourth-order valence-electron chi connectivity index (χ4n) is 2.43. The van der Waals surface area contributed by atoms with Gasteiger partial charge < -0.3 is 4.74 Å². The van der Waals surface area contributed by atoms with Crippen LogP contribution in [0.5, 0.6) is 0 Å². The number of aromatic amines is 1. The summed E-state index contributed by atoms with van der Waals surface area (Å²) >= 11 is 0. The van der Waals surface area contributed by atoms with Crippen molar-refractivity contribution in [1.29, 1.82) is 0 Å². The van der Waals surface area contributed by atoms with Crippen LogP contribution in [0.2, 0.25) is 0 Å². The van der Waals surface area contributed by atoms with E-state index in [1.54, 1.807) is 23.1 Å². The highest BCUT2D eigenvalue weighted by molar-refractivity contribution is 6.02. The zero-order chi connectivity index (χ0) is 13.7. The number of fused-ring (bicyclic) bond motifs is 5. The minimum atomic E-state index is -0.361. The van der Waals surface area contributed by atoms with Gasteiger partial charge in [0.05, 0.1) is 30.5 Å². The molecule has 7 heteroatoms. The number of carbonyl (C=O) groups is 1. The van der Waals surface area contributed by atoms with E-state index in [0.29, 0.717) is 16.9 Å². The van der Waals surface area contributed by atoms with Crippen LogP contribution in [0.15, 0.2) is 36.8 Å². The molecule has 0 saturated heterocycles. The molecule has 1 aromatic carbocycles. The van der Waals surface area contributed by atoms with Crippen LogP contribution in [-0.2, 0) is 4.74 Å². The molecule has 3 aromatic heterocycles. The lowest BCUT2D eigenvalue weighted by Crippen LogP contribution is -2.26. The minimum absolute atomic E-state index is 0.361. The Bertz CT molecular complexity index is 969. The van der Waals surface area contributed by atoms with E-state index in [1.807, 2.05) is 22.8 Å². The van der Waals surface area contributed by atoms with Gasteiger partial charge in [-0.3, -0.25) is 0 Å². The highest BCUT2D eigenvalue weighted by atomic mass is 16.5. The van der Waals surface area contributed by atoms with E-state index in [1.165, 1.54) is 7.11 Å². The number of benzene rings is 1. The van der Waals surface area contributed by atoms with Gasteiger partial charge in [0.15, 0.2) is 0 Å². The molecule has 0 atom stereocenters. The molecule has 4 rings (SSSR count). The summed E-state index contributed by atoms with van der Waals surface area (Å²) in [4.78, 5) is 20.3. The Morgan fingerprint density at radius 3 is 3.05 bits per heavy atom. The zero-order valence-electron chi connectivity index (χ0n) is 10.6. The van der Waals surface area contributed by atoms with Gasteiger partial charge in [-0.25, -0.2) is 9.78 Å². The van der Waals surface area contributed by atoms with Gasteiger partial charge >= 0.3 is 11.6 Å². The van der Waals surface area contributed by atoms with Crippen LogP contribution in [0.1, 0.15) is 10.4 Å². The summed E-state index contributed by atoms with van der Waals surface area (Å²) in [5, 5.41) is 3.90. The fraction of sp³-hybridized carbons (Fsp3) is 0.0769. The molecule has 0 aliphatic rings. The highest BCUT2D eigenvalue weighted by Gasteiger charge is 2.20. The van der Waals surface area contributed by atoms with E-state index in [4.69, 9.17) is 4.74 Å². The van der Waals surface area contributed by atoms with Gasteiger partial charge in [0, 0.05) is 0 Å². The molecule has 7 nitrogen and oxygen atoms in total. The first-order valence-corrected chi connectivity index (χ1v) is 6.03. The van der Waals surface area contributed by atoms with E-state index in [9.17, 15) is 4.79 Å². The molecule has 0 aliphatic carbocycles. The first-order chi connectivity index (χ1) is 9.79. The maximum absolute atomic E-state index is 11.8. The molecular formula is C13H10N5O2+. The van der Waals surface area contributed by atoms with Gasteiger partial charge in [0.2, 0.25) is 0 Å². The van der Waals surface area contributed by atoms with Crippen LogP contribution in [-0.4, -0.2) is 32.8 Å². The second-order valence-corrected chi connectivity index (χ2v) is 4.36. The van der Waals surface area contributed by atoms with Crippen molar-refractivity contribution in [2.24, 2.45) is 0 Å². The van der Waals surface area contributed by atoms with Crippen molar-refractivity contribution >= 4 is 28.2 Å². The molecule has 0 bridgehead atoms. The molecule has 0 spiro atoms. The molecule has 20 heavy (non-hydrogen) atoms. The third-order valence-electron chi connectivity index (χ3n) is 3.28. The van der Waals surface area contributed by atoms with Crippen molar-refractivity contribution in [3.63, 3.8) is 0 Å². The smallest absolute Gasteiger partial charge is 0.346 e. The Morgan fingerprint density at radius 2 is 2.20 bits per heavy atom. The predicted octanol–water partition coefficient (Wildman–Crippen LogP) is 0.736. The number of hydrogen-bond acceptors (Lipinski definition) is 4. The summed E-state index contributed by atoms with van der Waals surface area (Å²) in [5.74, 6) is -0.361. The van der Waals surface area contributed by atoms with Crippen molar-refractivity contribution in [2.75, 3.05) is 7.11 Å². The van der Waals surface area contributed by atoms with Crippen molar-refractivity contribution in [2.45, 2.75) is 0 Å². The van der Waals surface area contributed by atoms with Crippen LogP contribution in [0.25, 0.3) is 22.2 Å². The minimum Gasteiger partial charge on any atom is -0.465 e. The average molecular weight is 268 g/mol. The topological polar surface area (TPSA) is 76.4 Å². The maximum atomic E-state index is 11.8. The maximum Gasteiger partial charge on any atom is 0.346 e. The van der Waals surface area contributed by atoms with Gasteiger partial charge in [0.1, 0.15) is 11.7 Å². The van der Waals surface area contributed by atoms with Gasteiger partial charge in [-0.15, -0.1) is 9.50 Å². The van der Waals surface area contributed by atoms with Crippen molar-refractivity contribution in [1.82, 2.24) is 19.7 Å². The molecule has 0 saturated carbocycles. The molecule has 0 amide bonds. The molecule has 1 N–H and O–H groups in total. The first-order valence-electron chi connectivity index (χ1n) is 6.03. The number of H-pyrrole nitrogens is 1. The van der Waals surface area contributed by atoms with Crippen LogP contribution in [0, 0.1) is 0 Å². The third kappa shape index (κ3) is 1.28. The summed E-state index contributed by atoms with van der Waals surface area (Å²) in [6, 6.07) is 5.47. The van der Waals surface area contributed by atoms with E-state index in [0.717, 1.165) is 10.9 Å². The number of methoxy groups -OCH3 is 1. The largest absolute Gasteiger partial charge is 0.465 e. The van der Waals surface area contributed by atoms with Crippen molar-refractivity contribution in [3.05, 3.63) is 42.4 Å². The van der Waals surface area contributed by atoms with Crippen molar-refractivity contribution < 1.29 is 14.0 Å². The highest BCUT2D eigenvalue weighted by Crippen LogP contribution is 2.18. The summed E-state index contributed by atoms with van der Waals surface area (Å²) in [5.41, 5.74) is 2.76. The Morgan fingerprint density at radius 1 is 1.35 bits per heavy atom. The Balaban J connectivity index is 2.18.